The molecular formula is C13H22N4O. The molecule has 2 N–H and O–H groups in total. The minimum atomic E-state index is -0.144. The Labute approximate surface area is 108 Å². The SMILES string of the molecule is CCCNC(=O)Nc1ccnn1C1CCCCC1. The molecule has 1 aliphatic rings. The van der Waals surface area contributed by atoms with E-state index in [2.05, 4.69) is 15.7 Å². The van der Waals surface area contributed by atoms with Crippen LogP contribution in [0.1, 0.15) is 51.5 Å². The zero-order valence-corrected chi connectivity index (χ0v) is 11.0. The van der Waals surface area contributed by atoms with Crippen LogP contribution in [0.3, 0.4) is 0 Å². The van der Waals surface area contributed by atoms with Crippen LogP contribution in [-0.2, 0) is 0 Å². The third-order valence-electron chi connectivity index (χ3n) is 3.37. The molecule has 1 aromatic heterocycles. The van der Waals surface area contributed by atoms with Crippen molar-refractivity contribution >= 4 is 11.8 Å². The summed E-state index contributed by atoms with van der Waals surface area (Å²) >= 11 is 0. The van der Waals surface area contributed by atoms with E-state index in [-0.39, 0.29) is 6.03 Å². The predicted molar refractivity (Wildman–Crippen MR) is 71.7 cm³/mol. The van der Waals surface area contributed by atoms with Gasteiger partial charge in [-0.05, 0) is 19.3 Å². The monoisotopic (exact) mass is 250 g/mol. The number of rotatable bonds is 4. The van der Waals surface area contributed by atoms with Crippen molar-refractivity contribution < 1.29 is 4.79 Å². The van der Waals surface area contributed by atoms with Gasteiger partial charge in [0, 0.05) is 12.6 Å². The van der Waals surface area contributed by atoms with Gasteiger partial charge in [-0.15, -0.1) is 0 Å². The van der Waals surface area contributed by atoms with Crippen LogP contribution in [0.5, 0.6) is 0 Å². The first-order valence-electron chi connectivity index (χ1n) is 6.89. The maximum absolute atomic E-state index is 11.6. The van der Waals surface area contributed by atoms with E-state index in [1.807, 2.05) is 17.7 Å². The van der Waals surface area contributed by atoms with Gasteiger partial charge < -0.3 is 5.32 Å². The quantitative estimate of drug-likeness (QED) is 0.863. The van der Waals surface area contributed by atoms with Crippen LogP contribution in [-0.4, -0.2) is 22.4 Å². The lowest BCUT2D eigenvalue weighted by Gasteiger charge is -2.23. The first-order chi connectivity index (χ1) is 8.81. The molecule has 2 amide bonds. The van der Waals surface area contributed by atoms with Crippen molar-refractivity contribution in [1.82, 2.24) is 15.1 Å². The van der Waals surface area contributed by atoms with Crippen LogP contribution in [0, 0.1) is 0 Å². The molecule has 18 heavy (non-hydrogen) atoms. The molecule has 0 saturated heterocycles. The molecule has 2 rings (SSSR count). The van der Waals surface area contributed by atoms with E-state index < -0.39 is 0 Å². The van der Waals surface area contributed by atoms with Crippen LogP contribution in [0.2, 0.25) is 0 Å². The average molecular weight is 250 g/mol. The van der Waals surface area contributed by atoms with Crippen LogP contribution >= 0.6 is 0 Å². The third-order valence-corrected chi connectivity index (χ3v) is 3.37. The van der Waals surface area contributed by atoms with Gasteiger partial charge in [0.2, 0.25) is 0 Å². The number of anilines is 1. The molecule has 0 bridgehead atoms. The second kappa shape index (κ2) is 6.42. The number of carbonyl (C=O) groups is 1. The summed E-state index contributed by atoms with van der Waals surface area (Å²) in [7, 11) is 0. The molecule has 0 aromatic carbocycles. The van der Waals surface area contributed by atoms with Crippen molar-refractivity contribution in [3.8, 4) is 0 Å². The van der Waals surface area contributed by atoms with Crippen molar-refractivity contribution in [2.24, 2.45) is 0 Å². The summed E-state index contributed by atoms with van der Waals surface area (Å²) in [6.07, 6.45) is 8.84. The summed E-state index contributed by atoms with van der Waals surface area (Å²) in [6.45, 7) is 2.73. The number of urea groups is 1. The van der Waals surface area contributed by atoms with Gasteiger partial charge in [0.15, 0.2) is 0 Å². The smallest absolute Gasteiger partial charge is 0.320 e. The third kappa shape index (κ3) is 3.24. The van der Waals surface area contributed by atoms with Crippen LogP contribution in [0.4, 0.5) is 10.6 Å². The minimum absolute atomic E-state index is 0.144. The summed E-state index contributed by atoms with van der Waals surface area (Å²) in [4.78, 5) is 11.6. The van der Waals surface area contributed by atoms with Crippen molar-refractivity contribution in [3.05, 3.63) is 12.3 Å². The molecule has 0 aliphatic heterocycles. The Bertz CT molecular complexity index is 382. The van der Waals surface area contributed by atoms with Crippen LogP contribution in [0.15, 0.2) is 12.3 Å². The van der Waals surface area contributed by atoms with E-state index in [1.54, 1.807) is 6.20 Å². The van der Waals surface area contributed by atoms with Gasteiger partial charge in [0.25, 0.3) is 0 Å². The van der Waals surface area contributed by atoms with E-state index in [1.165, 1.54) is 19.3 Å². The van der Waals surface area contributed by atoms with Gasteiger partial charge in [-0.3, -0.25) is 5.32 Å². The maximum Gasteiger partial charge on any atom is 0.320 e. The number of hydrogen-bond donors (Lipinski definition) is 2. The summed E-state index contributed by atoms with van der Waals surface area (Å²) in [5.41, 5.74) is 0. The summed E-state index contributed by atoms with van der Waals surface area (Å²) in [6, 6.07) is 2.16. The van der Waals surface area contributed by atoms with Crippen LogP contribution in [0.25, 0.3) is 0 Å². The second-order valence-electron chi connectivity index (χ2n) is 4.83. The number of nitrogens with one attached hydrogen (secondary N) is 2. The molecule has 5 nitrogen and oxygen atoms in total. The second-order valence-corrected chi connectivity index (χ2v) is 4.83. The van der Waals surface area contributed by atoms with E-state index >= 15 is 0 Å². The molecular weight excluding hydrogens is 228 g/mol. The van der Waals surface area contributed by atoms with Gasteiger partial charge in [-0.2, -0.15) is 5.10 Å². The van der Waals surface area contributed by atoms with Gasteiger partial charge in [0.05, 0.1) is 12.2 Å². The number of aromatic nitrogens is 2. The molecule has 1 aromatic rings. The first kappa shape index (κ1) is 12.9. The molecule has 1 heterocycles. The molecule has 1 aliphatic carbocycles. The lowest BCUT2D eigenvalue weighted by Crippen LogP contribution is -2.30. The summed E-state index contributed by atoms with van der Waals surface area (Å²) in [5.74, 6) is 0.801. The minimum Gasteiger partial charge on any atom is -0.338 e. The molecule has 0 atom stereocenters. The fourth-order valence-corrected chi connectivity index (χ4v) is 2.43. The number of hydrogen-bond acceptors (Lipinski definition) is 2. The molecule has 0 radical (unpaired) electrons. The highest BCUT2D eigenvalue weighted by molar-refractivity contribution is 5.88. The largest absolute Gasteiger partial charge is 0.338 e. The van der Waals surface area contributed by atoms with E-state index in [4.69, 9.17) is 0 Å². The fraction of sp³-hybridized carbons (Fsp3) is 0.692. The highest BCUT2D eigenvalue weighted by Gasteiger charge is 2.18. The number of amides is 2. The highest BCUT2D eigenvalue weighted by Crippen LogP contribution is 2.29. The van der Waals surface area contributed by atoms with Crippen LogP contribution < -0.4 is 10.6 Å². The molecule has 0 spiro atoms. The molecule has 1 saturated carbocycles. The van der Waals surface area contributed by atoms with E-state index in [0.717, 1.165) is 25.1 Å². The Morgan fingerprint density at radius 3 is 2.94 bits per heavy atom. The fourth-order valence-electron chi connectivity index (χ4n) is 2.43. The van der Waals surface area contributed by atoms with Gasteiger partial charge in [0.1, 0.15) is 5.82 Å². The Morgan fingerprint density at radius 2 is 2.22 bits per heavy atom. The molecule has 5 heteroatoms. The standard InChI is InChI=1S/C13H22N4O/c1-2-9-14-13(18)16-12-8-10-15-17(12)11-6-4-3-5-7-11/h8,10-11H,2-7,9H2,1H3,(H2,14,16,18). The van der Waals surface area contributed by atoms with Gasteiger partial charge >= 0.3 is 6.03 Å². The van der Waals surface area contributed by atoms with Crippen molar-refractivity contribution in [3.63, 3.8) is 0 Å². The average Bonchev–Trinajstić information content (AvgIpc) is 2.85. The zero-order chi connectivity index (χ0) is 12.8. The molecule has 1 fully saturated rings. The lowest BCUT2D eigenvalue weighted by atomic mass is 9.96. The molecule has 0 unspecified atom stereocenters. The predicted octanol–water partition coefficient (Wildman–Crippen LogP) is 2.92. The summed E-state index contributed by atoms with van der Waals surface area (Å²) < 4.78 is 1.96. The van der Waals surface area contributed by atoms with Gasteiger partial charge in [-0.1, -0.05) is 26.2 Å². The van der Waals surface area contributed by atoms with Crippen molar-refractivity contribution in [2.45, 2.75) is 51.5 Å². The Balaban J connectivity index is 1.96. The molecule has 100 valence electrons. The Morgan fingerprint density at radius 1 is 1.44 bits per heavy atom. The summed E-state index contributed by atoms with van der Waals surface area (Å²) in [5, 5.41) is 10.0. The first-order valence-corrected chi connectivity index (χ1v) is 6.89. The zero-order valence-electron chi connectivity index (χ0n) is 11.0. The highest BCUT2D eigenvalue weighted by atomic mass is 16.2. The number of carbonyl (C=O) groups excluding carboxylic acids is 1. The maximum atomic E-state index is 11.6. The Hall–Kier alpha value is -1.52. The van der Waals surface area contributed by atoms with E-state index in [9.17, 15) is 4.79 Å². The number of nitrogens with zero attached hydrogens (tertiary/aromatic N) is 2. The van der Waals surface area contributed by atoms with Crippen molar-refractivity contribution in [2.75, 3.05) is 11.9 Å². The van der Waals surface area contributed by atoms with Gasteiger partial charge in [-0.25, -0.2) is 9.48 Å². The van der Waals surface area contributed by atoms with E-state index in [0.29, 0.717) is 12.6 Å². The van der Waals surface area contributed by atoms with Crippen molar-refractivity contribution in [1.29, 1.82) is 0 Å². The normalized spacial score (nSPS) is 16.5. The lowest BCUT2D eigenvalue weighted by molar-refractivity contribution is 0.251. The topological polar surface area (TPSA) is 59.0 Å². The Kier molecular flexibility index (Phi) is 4.61.